The maximum atomic E-state index is 10.2. The van der Waals surface area contributed by atoms with E-state index in [0.29, 0.717) is 32.9 Å². The first kappa shape index (κ1) is 29.6. The Hall–Kier alpha value is -2.40. The highest BCUT2D eigenvalue weighted by molar-refractivity contribution is 5.61. The molecule has 1 unspecified atom stereocenters. The van der Waals surface area contributed by atoms with Gasteiger partial charge in [-0.2, -0.15) is 0 Å². The molecule has 39 heavy (non-hydrogen) atoms. The zero-order valence-electron chi connectivity index (χ0n) is 23.5. The molecule has 2 aromatic carbocycles. The molecule has 0 bridgehead atoms. The Morgan fingerprint density at radius 2 is 1.82 bits per heavy atom. The first-order chi connectivity index (χ1) is 19.1. The minimum absolute atomic E-state index is 0.0109. The van der Waals surface area contributed by atoms with Crippen LogP contribution in [0.15, 0.2) is 42.5 Å². The van der Waals surface area contributed by atoms with Crippen LogP contribution in [0.4, 0.5) is 5.69 Å². The molecule has 2 aliphatic rings. The standard InChI is InChI=1S/C30H44N2O7/c1-4-36-25-9-7-23(8-10-25)30-28(17-31-18-29(30)39-21-24(33)20-35-3)38-19-22-6-11-27-26(16-22)32(13-15-37-27)12-5-14-34-2/h6-11,16,24,28-31,33H,4-5,12-15,17-21H2,1-3H3/t24?,28-,29+,30+/m0/s1. The van der Waals surface area contributed by atoms with E-state index in [1.807, 2.05) is 25.1 Å². The van der Waals surface area contributed by atoms with Gasteiger partial charge in [0.15, 0.2) is 0 Å². The smallest absolute Gasteiger partial charge is 0.142 e. The van der Waals surface area contributed by atoms with Gasteiger partial charge in [-0.05, 0) is 48.7 Å². The van der Waals surface area contributed by atoms with Crippen molar-refractivity contribution >= 4 is 5.69 Å². The lowest BCUT2D eigenvalue weighted by Crippen LogP contribution is -2.51. The summed E-state index contributed by atoms with van der Waals surface area (Å²) in [5.41, 5.74) is 3.33. The van der Waals surface area contributed by atoms with Gasteiger partial charge < -0.3 is 43.7 Å². The van der Waals surface area contributed by atoms with Gasteiger partial charge in [0.1, 0.15) is 24.2 Å². The zero-order chi connectivity index (χ0) is 27.5. The fourth-order valence-electron chi connectivity index (χ4n) is 5.29. The van der Waals surface area contributed by atoms with Crippen LogP contribution in [0.3, 0.4) is 0 Å². The number of piperidine rings is 1. The van der Waals surface area contributed by atoms with Crippen molar-refractivity contribution < 1.29 is 33.5 Å². The lowest BCUT2D eigenvalue weighted by molar-refractivity contribution is -0.0856. The second-order valence-corrected chi connectivity index (χ2v) is 10.0. The van der Waals surface area contributed by atoms with Crippen LogP contribution in [0.5, 0.6) is 11.5 Å². The minimum atomic E-state index is -0.679. The monoisotopic (exact) mass is 544 g/mol. The first-order valence-electron chi connectivity index (χ1n) is 14.0. The van der Waals surface area contributed by atoms with Crippen molar-refractivity contribution in [3.63, 3.8) is 0 Å². The summed E-state index contributed by atoms with van der Waals surface area (Å²) in [6.45, 7) is 8.09. The van der Waals surface area contributed by atoms with Crippen LogP contribution in [0.2, 0.25) is 0 Å². The Labute approximate surface area is 232 Å². The minimum Gasteiger partial charge on any atom is -0.494 e. The molecular formula is C30H44N2O7. The fourth-order valence-corrected chi connectivity index (χ4v) is 5.29. The number of anilines is 1. The predicted octanol–water partition coefficient (Wildman–Crippen LogP) is 2.99. The van der Waals surface area contributed by atoms with Crippen LogP contribution in [-0.2, 0) is 25.6 Å². The highest BCUT2D eigenvalue weighted by atomic mass is 16.5. The Kier molecular flexibility index (Phi) is 11.7. The van der Waals surface area contributed by atoms with E-state index in [2.05, 4.69) is 34.5 Å². The van der Waals surface area contributed by atoms with E-state index in [-0.39, 0.29) is 31.3 Å². The number of ether oxygens (including phenoxy) is 6. The summed E-state index contributed by atoms with van der Waals surface area (Å²) >= 11 is 0. The summed E-state index contributed by atoms with van der Waals surface area (Å²) < 4.78 is 34.7. The summed E-state index contributed by atoms with van der Waals surface area (Å²) in [6, 6.07) is 14.5. The highest BCUT2D eigenvalue weighted by Gasteiger charge is 2.36. The fraction of sp³-hybridized carbons (Fsp3) is 0.600. The van der Waals surface area contributed by atoms with E-state index >= 15 is 0 Å². The van der Waals surface area contributed by atoms with Crippen LogP contribution < -0.4 is 19.7 Å². The van der Waals surface area contributed by atoms with Gasteiger partial charge in [-0.15, -0.1) is 0 Å². The molecule has 9 nitrogen and oxygen atoms in total. The van der Waals surface area contributed by atoms with Crippen molar-refractivity contribution in [1.82, 2.24) is 5.32 Å². The van der Waals surface area contributed by atoms with Gasteiger partial charge in [-0.3, -0.25) is 0 Å². The Morgan fingerprint density at radius 3 is 2.56 bits per heavy atom. The number of fused-ring (bicyclic) bond motifs is 1. The third-order valence-electron chi connectivity index (χ3n) is 7.15. The SMILES string of the molecule is CCOc1ccc([C@@H]2[C@@H](OCc3ccc4c(c3)N(CCCOC)CCO4)CNC[C@H]2OCC(O)COC)cc1. The lowest BCUT2D eigenvalue weighted by atomic mass is 9.85. The zero-order valence-corrected chi connectivity index (χ0v) is 23.5. The van der Waals surface area contributed by atoms with Gasteiger partial charge >= 0.3 is 0 Å². The quantitative estimate of drug-likeness (QED) is 0.329. The van der Waals surface area contributed by atoms with Gasteiger partial charge in [0, 0.05) is 46.4 Å². The maximum absolute atomic E-state index is 10.2. The number of rotatable bonds is 15. The molecule has 2 aromatic rings. The Bertz CT molecular complexity index is 990. The molecule has 2 aliphatic heterocycles. The number of methoxy groups -OCH3 is 2. The van der Waals surface area contributed by atoms with Gasteiger partial charge in [0.2, 0.25) is 0 Å². The van der Waals surface area contributed by atoms with Gasteiger partial charge in [0.05, 0.1) is 50.9 Å². The molecule has 1 fully saturated rings. The number of aliphatic hydroxyl groups excluding tert-OH is 1. The normalized spacial score (nSPS) is 21.7. The average molecular weight is 545 g/mol. The molecule has 0 aromatic heterocycles. The number of hydrogen-bond donors (Lipinski definition) is 2. The number of benzene rings is 2. The molecule has 0 spiro atoms. The third kappa shape index (κ3) is 8.30. The maximum Gasteiger partial charge on any atom is 0.142 e. The topological polar surface area (TPSA) is 90.9 Å². The van der Waals surface area contributed by atoms with Gasteiger partial charge in [-0.1, -0.05) is 18.2 Å². The summed E-state index contributed by atoms with van der Waals surface area (Å²) in [5, 5.41) is 13.7. The second kappa shape index (κ2) is 15.4. The summed E-state index contributed by atoms with van der Waals surface area (Å²) in [5.74, 6) is 1.74. The molecular weight excluding hydrogens is 500 g/mol. The summed E-state index contributed by atoms with van der Waals surface area (Å²) in [4.78, 5) is 2.36. The Morgan fingerprint density at radius 1 is 1.03 bits per heavy atom. The van der Waals surface area contributed by atoms with Crippen LogP contribution in [0.1, 0.15) is 30.4 Å². The average Bonchev–Trinajstić information content (AvgIpc) is 2.96. The van der Waals surface area contributed by atoms with Crippen molar-refractivity contribution in [2.45, 2.75) is 44.2 Å². The molecule has 2 N–H and O–H groups in total. The third-order valence-corrected chi connectivity index (χ3v) is 7.15. The molecule has 2 heterocycles. The second-order valence-electron chi connectivity index (χ2n) is 10.0. The van der Waals surface area contributed by atoms with Crippen molar-refractivity contribution in [3.8, 4) is 11.5 Å². The lowest BCUT2D eigenvalue weighted by Gasteiger charge is -2.39. The molecule has 0 amide bonds. The van der Waals surface area contributed by atoms with Crippen LogP contribution in [0.25, 0.3) is 0 Å². The molecule has 1 saturated heterocycles. The Balaban J connectivity index is 1.48. The largest absolute Gasteiger partial charge is 0.494 e. The van der Waals surface area contributed by atoms with Gasteiger partial charge in [0.25, 0.3) is 0 Å². The molecule has 4 rings (SSSR count). The molecule has 4 atom stereocenters. The molecule has 9 heteroatoms. The highest BCUT2D eigenvalue weighted by Crippen LogP contribution is 2.35. The first-order valence-corrected chi connectivity index (χ1v) is 14.0. The van der Waals surface area contributed by atoms with Crippen molar-refractivity contribution in [1.29, 1.82) is 0 Å². The van der Waals surface area contributed by atoms with Crippen molar-refractivity contribution in [3.05, 3.63) is 53.6 Å². The van der Waals surface area contributed by atoms with Crippen LogP contribution in [-0.4, -0.2) is 96.9 Å². The van der Waals surface area contributed by atoms with Gasteiger partial charge in [-0.25, -0.2) is 0 Å². The van der Waals surface area contributed by atoms with Crippen molar-refractivity contribution in [2.24, 2.45) is 0 Å². The molecule has 0 saturated carbocycles. The van der Waals surface area contributed by atoms with Crippen molar-refractivity contribution in [2.75, 3.05) is 78.3 Å². The molecule has 216 valence electrons. The number of nitrogens with zero attached hydrogens (tertiary/aromatic N) is 1. The van der Waals surface area contributed by atoms with E-state index in [1.165, 1.54) is 0 Å². The number of nitrogens with one attached hydrogen (secondary N) is 1. The van der Waals surface area contributed by atoms with E-state index in [1.54, 1.807) is 14.2 Å². The summed E-state index contributed by atoms with van der Waals surface area (Å²) in [7, 11) is 3.31. The van der Waals surface area contributed by atoms with E-state index in [4.69, 9.17) is 28.4 Å². The number of aliphatic hydroxyl groups is 1. The van der Waals surface area contributed by atoms with E-state index < -0.39 is 6.10 Å². The van der Waals surface area contributed by atoms with E-state index in [9.17, 15) is 5.11 Å². The molecule has 0 radical (unpaired) electrons. The predicted molar refractivity (Wildman–Crippen MR) is 150 cm³/mol. The van der Waals surface area contributed by atoms with Crippen LogP contribution in [0, 0.1) is 0 Å². The van der Waals surface area contributed by atoms with E-state index in [0.717, 1.165) is 54.4 Å². The number of hydrogen-bond acceptors (Lipinski definition) is 9. The van der Waals surface area contributed by atoms with Crippen LogP contribution >= 0.6 is 0 Å². The summed E-state index contributed by atoms with van der Waals surface area (Å²) in [6.07, 6.45) is 0.00356. The molecule has 0 aliphatic carbocycles.